The molecule has 2 atom stereocenters. The highest BCUT2D eigenvalue weighted by molar-refractivity contribution is 5.85. The second kappa shape index (κ2) is 7.53. The van der Waals surface area contributed by atoms with Crippen LogP contribution in [0.15, 0.2) is 9.59 Å². The summed E-state index contributed by atoms with van der Waals surface area (Å²) in [4.78, 5) is 44.0. The molecule has 0 aromatic carbocycles. The summed E-state index contributed by atoms with van der Waals surface area (Å²) in [6.07, 6.45) is 0.250. The Morgan fingerprint density at radius 3 is 2.28 bits per heavy atom. The summed E-state index contributed by atoms with van der Waals surface area (Å²) in [6.45, 7) is 11.9. The standard InChI is InChI=1S/C20H31N5O4/c1-12-8-24(9-13(2)29-12)11-15-21-17-16(18(27)23(7)19(28)22(17)6)25(15)10-14(26)20(3,4)5/h12-13H,8-11H2,1-7H3/p+1/t12-,13-/m0/s1. The van der Waals surface area contributed by atoms with Gasteiger partial charge < -0.3 is 14.2 Å². The van der Waals surface area contributed by atoms with Gasteiger partial charge in [0.25, 0.3) is 5.56 Å². The van der Waals surface area contributed by atoms with E-state index in [1.165, 1.54) is 16.5 Å². The predicted octanol–water partition coefficient (Wildman–Crippen LogP) is -0.759. The van der Waals surface area contributed by atoms with Crippen molar-refractivity contribution in [3.8, 4) is 0 Å². The molecule has 0 spiro atoms. The number of carbonyl (C=O) groups excluding carboxylic acids is 1. The van der Waals surface area contributed by atoms with Crippen LogP contribution in [0.1, 0.15) is 40.4 Å². The first kappa shape index (κ1) is 21.4. The number of hydrogen-bond acceptors (Lipinski definition) is 5. The summed E-state index contributed by atoms with van der Waals surface area (Å²) in [7, 11) is 3.05. The van der Waals surface area contributed by atoms with Gasteiger partial charge in [-0.1, -0.05) is 20.8 Å². The van der Waals surface area contributed by atoms with E-state index in [-0.39, 0.29) is 24.5 Å². The second-order valence-corrected chi connectivity index (χ2v) is 9.26. The molecule has 0 amide bonds. The van der Waals surface area contributed by atoms with E-state index in [9.17, 15) is 14.4 Å². The zero-order chi connectivity index (χ0) is 21.7. The van der Waals surface area contributed by atoms with Gasteiger partial charge in [-0.05, 0) is 13.8 Å². The number of quaternary nitrogens is 1. The zero-order valence-electron chi connectivity index (χ0n) is 18.4. The number of ketones is 1. The molecular weight excluding hydrogens is 374 g/mol. The molecule has 1 saturated heterocycles. The number of imidazole rings is 1. The van der Waals surface area contributed by atoms with Crippen molar-refractivity contribution in [2.45, 2.75) is 59.9 Å². The van der Waals surface area contributed by atoms with E-state index >= 15 is 0 Å². The first-order valence-electron chi connectivity index (χ1n) is 10.1. The van der Waals surface area contributed by atoms with Crippen molar-refractivity contribution in [2.75, 3.05) is 13.1 Å². The molecule has 0 bridgehead atoms. The third-order valence-corrected chi connectivity index (χ3v) is 5.59. The van der Waals surface area contributed by atoms with Gasteiger partial charge in [0, 0.05) is 19.5 Å². The maximum Gasteiger partial charge on any atom is 0.332 e. The minimum absolute atomic E-state index is 0.00710. The Labute approximate surface area is 169 Å². The second-order valence-electron chi connectivity index (χ2n) is 9.26. The Balaban J connectivity index is 2.15. The van der Waals surface area contributed by atoms with Gasteiger partial charge in [0.1, 0.15) is 31.8 Å². The maximum absolute atomic E-state index is 12.9. The van der Waals surface area contributed by atoms with Crippen molar-refractivity contribution < 1.29 is 14.4 Å². The molecule has 0 saturated carbocycles. The van der Waals surface area contributed by atoms with Crippen molar-refractivity contribution in [3.05, 3.63) is 26.7 Å². The van der Waals surface area contributed by atoms with Crippen LogP contribution in [0.4, 0.5) is 0 Å². The average molecular weight is 407 g/mol. The van der Waals surface area contributed by atoms with Crippen LogP contribution < -0.4 is 16.1 Å². The molecule has 0 radical (unpaired) electrons. The monoisotopic (exact) mass is 406 g/mol. The van der Waals surface area contributed by atoms with Crippen molar-refractivity contribution in [1.29, 1.82) is 0 Å². The molecule has 0 unspecified atom stereocenters. The highest BCUT2D eigenvalue weighted by atomic mass is 16.5. The lowest BCUT2D eigenvalue weighted by molar-refractivity contribution is -0.929. The predicted molar refractivity (Wildman–Crippen MR) is 109 cm³/mol. The lowest BCUT2D eigenvalue weighted by Gasteiger charge is -2.32. The number of nitrogens with zero attached hydrogens (tertiary/aromatic N) is 4. The summed E-state index contributed by atoms with van der Waals surface area (Å²) in [5.74, 6) is 0.653. The van der Waals surface area contributed by atoms with Gasteiger partial charge in [-0.25, -0.2) is 9.78 Å². The smallest absolute Gasteiger partial charge is 0.332 e. The van der Waals surface area contributed by atoms with Crippen LogP contribution in [0.2, 0.25) is 0 Å². The SMILES string of the molecule is C[C@H]1C[NH+](Cc2nc3c(c(=O)n(C)c(=O)n3C)n2CC(=O)C(C)(C)C)C[C@H](C)O1. The minimum Gasteiger partial charge on any atom is -0.364 e. The van der Waals surface area contributed by atoms with Crippen molar-refractivity contribution >= 4 is 16.9 Å². The van der Waals surface area contributed by atoms with Crippen molar-refractivity contribution in [1.82, 2.24) is 18.7 Å². The Kier molecular flexibility index (Phi) is 5.57. The molecule has 1 aliphatic heterocycles. The molecule has 1 aliphatic rings. The van der Waals surface area contributed by atoms with E-state index < -0.39 is 16.7 Å². The van der Waals surface area contributed by atoms with E-state index in [4.69, 9.17) is 4.74 Å². The third kappa shape index (κ3) is 4.06. The van der Waals surface area contributed by atoms with Crippen LogP contribution in [0.25, 0.3) is 11.2 Å². The molecule has 9 nitrogen and oxygen atoms in total. The van der Waals surface area contributed by atoms with Crippen LogP contribution in [0, 0.1) is 5.41 Å². The number of hydrogen-bond donors (Lipinski definition) is 1. The largest absolute Gasteiger partial charge is 0.364 e. The number of nitrogens with one attached hydrogen (secondary N) is 1. The van der Waals surface area contributed by atoms with Crippen LogP contribution in [-0.4, -0.2) is 49.8 Å². The molecule has 2 aromatic rings. The number of ether oxygens (including phenoxy) is 1. The van der Waals surface area contributed by atoms with Gasteiger partial charge in [-0.3, -0.25) is 18.7 Å². The first-order chi connectivity index (χ1) is 13.4. The normalized spacial score (nSPS) is 22.9. The van der Waals surface area contributed by atoms with Crippen molar-refractivity contribution in [3.63, 3.8) is 0 Å². The minimum atomic E-state index is -0.547. The molecule has 3 heterocycles. The molecule has 1 fully saturated rings. The molecule has 3 rings (SSSR count). The molecule has 29 heavy (non-hydrogen) atoms. The average Bonchev–Trinajstić information content (AvgIpc) is 2.94. The van der Waals surface area contributed by atoms with Crippen LogP contribution in [0.3, 0.4) is 0 Å². The van der Waals surface area contributed by atoms with Crippen LogP contribution in [0.5, 0.6) is 0 Å². The number of carbonyl (C=O) groups is 1. The summed E-state index contributed by atoms with van der Waals surface area (Å²) in [5.41, 5.74) is -0.780. The van der Waals surface area contributed by atoms with Gasteiger partial charge in [-0.15, -0.1) is 0 Å². The number of aryl methyl sites for hydroxylation is 1. The molecule has 1 N–H and O–H groups in total. The Hall–Kier alpha value is -2.26. The molecule has 9 heteroatoms. The van der Waals surface area contributed by atoms with E-state index in [0.29, 0.717) is 23.5 Å². The lowest BCUT2D eigenvalue weighted by Crippen LogP contribution is -3.14. The Morgan fingerprint density at radius 1 is 1.14 bits per heavy atom. The van der Waals surface area contributed by atoms with E-state index in [1.807, 2.05) is 34.6 Å². The van der Waals surface area contributed by atoms with Crippen molar-refractivity contribution in [2.24, 2.45) is 19.5 Å². The number of Topliss-reactive ketones (excluding diaryl/α,β-unsaturated/α-hetero) is 1. The van der Waals surface area contributed by atoms with Gasteiger partial charge in [0.05, 0.1) is 6.54 Å². The van der Waals surface area contributed by atoms with Crippen LogP contribution in [-0.2, 0) is 36.7 Å². The Bertz CT molecular complexity index is 1050. The van der Waals surface area contributed by atoms with Gasteiger partial charge in [0.2, 0.25) is 0 Å². The lowest BCUT2D eigenvalue weighted by atomic mass is 9.91. The number of morpholine rings is 1. The van der Waals surface area contributed by atoms with Gasteiger partial charge >= 0.3 is 5.69 Å². The van der Waals surface area contributed by atoms with Gasteiger partial charge in [-0.2, -0.15) is 0 Å². The first-order valence-corrected chi connectivity index (χ1v) is 10.1. The fourth-order valence-electron chi connectivity index (χ4n) is 3.93. The fraction of sp³-hybridized carbons (Fsp3) is 0.700. The van der Waals surface area contributed by atoms with E-state index in [2.05, 4.69) is 4.98 Å². The number of fused-ring (bicyclic) bond motifs is 1. The number of aromatic nitrogens is 4. The topological polar surface area (TPSA) is 92.6 Å². The molecule has 2 aromatic heterocycles. The Morgan fingerprint density at radius 2 is 1.72 bits per heavy atom. The quantitative estimate of drug-likeness (QED) is 0.721. The highest BCUT2D eigenvalue weighted by Crippen LogP contribution is 2.19. The van der Waals surface area contributed by atoms with Gasteiger partial charge in [0.15, 0.2) is 22.8 Å². The fourth-order valence-corrected chi connectivity index (χ4v) is 3.93. The molecule has 0 aliphatic carbocycles. The maximum atomic E-state index is 12.9. The summed E-state index contributed by atoms with van der Waals surface area (Å²) in [6, 6.07) is 0. The van der Waals surface area contributed by atoms with E-state index in [1.54, 1.807) is 11.6 Å². The molecule has 160 valence electrons. The van der Waals surface area contributed by atoms with Crippen LogP contribution >= 0.6 is 0 Å². The summed E-state index contributed by atoms with van der Waals surface area (Å²) < 4.78 is 9.97. The van der Waals surface area contributed by atoms with E-state index in [0.717, 1.165) is 17.7 Å². The molecular formula is C20H32N5O4+. The summed E-state index contributed by atoms with van der Waals surface area (Å²) >= 11 is 0. The summed E-state index contributed by atoms with van der Waals surface area (Å²) in [5, 5.41) is 0. The third-order valence-electron chi connectivity index (χ3n) is 5.59. The highest BCUT2D eigenvalue weighted by Gasteiger charge is 2.30. The number of rotatable bonds is 4. The zero-order valence-corrected chi connectivity index (χ0v) is 18.4.